The number of carboxylic acids is 2. The maximum absolute atomic E-state index is 9.00. The Labute approximate surface area is 877 Å². The van der Waals surface area contributed by atoms with E-state index < -0.39 is 11.9 Å². The number of nitrogens with one attached hydrogen (secondary N) is 2. The van der Waals surface area contributed by atoms with Crippen LogP contribution < -0.4 is 15.5 Å². The summed E-state index contributed by atoms with van der Waals surface area (Å²) in [4.78, 5) is 36.3. The van der Waals surface area contributed by atoms with Gasteiger partial charge in [0.05, 0.1) is 70.9 Å². The van der Waals surface area contributed by atoms with Crippen LogP contribution >= 0.6 is 79.6 Å². The minimum atomic E-state index is -0.833. The molecule has 22 nitrogen and oxygen atoms in total. The number of rotatable bonds is 17. The van der Waals surface area contributed by atoms with Crippen molar-refractivity contribution in [2.45, 2.75) is 159 Å². The van der Waals surface area contributed by atoms with Gasteiger partial charge in [0.1, 0.15) is 23.0 Å². The third kappa shape index (κ3) is 30.7. The smallest absolute Gasteiger partial charge is 0.300 e. The van der Waals surface area contributed by atoms with E-state index in [4.69, 9.17) is 43.6 Å². The summed E-state index contributed by atoms with van der Waals surface area (Å²) in [6.07, 6.45) is 7.35. The number of aromatic amines is 2. The molecule has 3 aliphatic heterocycles. The average molecular weight is 2300 g/mol. The molecule has 732 valence electrons. The predicted molar refractivity (Wildman–Crippen MR) is 586 cm³/mol. The number of alkyl halides is 1. The van der Waals surface area contributed by atoms with Crippen LogP contribution in [0, 0.1) is 96.9 Å². The van der Waals surface area contributed by atoms with E-state index in [1.807, 2.05) is 144 Å². The first kappa shape index (κ1) is 111. The predicted octanol–water partition coefficient (Wildman–Crippen LogP) is 30.2. The molecule has 9 heterocycles. The minimum Gasteiger partial charge on any atom is -0.481 e. The standard InChI is InChI=1S/C25H26BrN3O.C24H23BrN2O.C24H26N4O.C12H14N2O.C11H10BrN.C10H9BrN2.C2H5Br.2C2H4O2.Pd/c1-6-29(20-9-10-21(22(26)13-20)23-11-15(2)14-27-23)24-12-19(8-7-16(24)3)25-17(4)28-30-18(25)5;1-14-9-23(26-13-14)21-8-6-18(11-22(21)25)10-20-12-19(7-5-15(20)2)24-16(3)27-28-17(24)4;1-6-28(21-11-9-19(10-12-21)22-13-16(3)25-26-22)23-14-20(8-7-15(23)2)24-17(4)27-29-18(24)5;1-7-4-5-10(6-11(7)13)12-8(2)14-15-9(12)3;1-8-6-11(13-7-8)9-2-4-10(12)5-3-9;1-7-6-10(13-12-7)8-2-4-9(11)5-3-8;1-2-3;2*1-2(3)4;/h7-13H,6,14H2,1-5H3;5-9,11-12H,10,13H2,1-4H3;7-14H,6H2,1-5H3,(H,25,26);4-6H,13H2,1-3H3;2-6H,7H2,1H3;2-6H,1H3,(H,12,13);2H2,1H3;2*1H3,(H,3,4);. The molecule has 0 fully saturated rings. The molecule has 0 unspecified atom stereocenters. The van der Waals surface area contributed by atoms with E-state index in [1.54, 1.807) is 0 Å². The second-order valence-corrected chi connectivity index (χ2v) is 38.6. The second-order valence-electron chi connectivity index (χ2n) is 34.0. The van der Waals surface area contributed by atoms with Crippen molar-refractivity contribution in [2.75, 3.05) is 53.6 Å². The summed E-state index contributed by atoms with van der Waals surface area (Å²) < 4.78 is 25.6. The summed E-state index contributed by atoms with van der Waals surface area (Å²) in [5.74, 6) is 1.72. The van der Waals surface area contributed by atoms with Gasteiger partial charge in [-0.2, -0.15) is 10.2 Å². The van der Waals surface area contributed by atoms with Crippen LogP contribution in [0.15, 0.2) is 280 Å². The van der Waals surface area contributed by atoms with Gasteiger partial charge in [-0.25, -0.2) is 0 Å². The Kier molecular flexibility index (Phi) is 42.2. The van der Waals surface area contributed by atoms with E-state index in [0.29, 0.717) is 0 Å². The summed E-state index contributed by atoms with van der Waals surface area (Å²) in [5.41, 5.74) is 48.2. The van der Waals surface area contributed by atoms with Crippen molar-refractivity contribution in [3.8, 4) is 67.0 Å². The van der Waals surface area contributed by atoms with E-state index in [2.05, 4.69) is 353 Å². The Bertz CT molecular complexity index is 6890. The van der Waals surface area contributed by atoms with Crippen LogP contribution in [0.2, 0.25) is 0 Å². The van der Waals surface area contributed by atoms with E-state index in [-0.39, 0.29) is 20.4 Å². The Balaban J connectivity index is 0.000000188. The molecule has 9 aromatic carbocycles. The van der Waals surface area contributed by atoms with Crippen molar-refractivity contribution in [3.63, 3.8) is 0 Å². The molecule has 0 saturated carbocycles. The fraction of sp³-hybridized carbons (Fsp3) is 0.259. The van der Waals surface area contributed by atoms with Gasteiger partial charge < -0.3 is 43.8 Å². The first-order valence-electron chi connectivity index (χ1n) is 45.6. The molecule has 0 spiro atoms. The van der Waals surface area contributed by atoms with Crippen LogP contribution in [0.1, 0.15) is 163 Å². The van der Waals surface area contributed by atoms with Gasteiger partial charge in [0, 0.05) is 155 Å². The van der Waals surface area contributed by atoms with Crippen LogP contribution in [0.5, 0.6) is 0 Å². The molecule has 18 rings (SSSR count). The van der Waals surface area contributed by atoms with Crippen LogP contribution in [0.4, 0.5) is 28.4 Å². The molecule has 0 atom stereocenters. The van der Waals surface area contributed by atoms with Crippen LogP contribution in [-0.2, 0) is 36.4 Å². The molecule has 3 aliphatic rings. The molecular weight excluding hydrogens is 2180 g/mol. The molecule has 0 bridgehead atoms. The summed E-state index contributed by atoms with van der Waals surface area (Å²) >= 11 is 17.5. The van der Waals surface area contributed by atoms with Crippen LogP contribution in [0.3, 0.4) is 0 Å². The average Bonchev–Trinajstić information content (AvgIpc) is 1.54. The van der Waals surface area contributed by atoms with Gasteiger partial charge in [0.2, 0.25) is 0 Å². The van der Waals surface area contributed by atoms with Crippen molar-refractivity contribution >= 4 is 137 Å². The maximum atomic E-state index is 9.00. The van der Waals surface area contributed by atoms with Gasteiger partial charge in [-0.3, -0.25) is 34.8 Å². The number of H-pyrrole nitrogens is 2. The molecule has 0 saturated heterocycles. The number of nitrogens with zero attached hydrogens (tertiary/aromatic N) is 11. The molecule has 15 aromatic rings. The monoisotopic (exact) mass is 2290 g/mol. The number of aromatic nitrogens is 8. The van der Waals surface area contributed by atoms with Crippen molar-refractivity contribution in [1.29, 1.82) is 0 Å². The molecule has 6 N–H and O–H groups in total. The number of carboxylic acid groups (broad SMARTS) is 2. The number of carbonyl (C=O) groups is 2. The summed E-state index contributed by atoms with van der Waals surface area (Å²) in [7, 11) is 0. The topological polar surface area (TPSA) is 306 Å². The minimum absolute atomic E-state index is 0. The maximum Gasteiger partial charge on any atom is 0.300 e. The van der Waals surface area contributed by atoms with Gasteiger partial charge in [-0.15, -0.1) is 0 Å². The molecular formula is C112H121Br5N14O8Pd. The number of nitrogens with two attached hydrogens (primary N) is 1. The third-order valence-corrected chi connectivity index (χ3v) is 25.0. The third-order valence-electron chi connectivity index (χ3n) is 22.6. The Morgan fingerprint density at radius 1 is 0.386 bits per heavy atom. The first-order chi connectivity index (χ1) is 66.3. The number of hydrogen-bond acceptors (Lipinski definition) is 18. The summed E-state index contributed by atoms with van der Waals surface area (Å²) in [5, 5.41) is 46.6. The van der Waals surface area contributed by atoms with Crippen molar-refractivity contribution < 1.29 is 58.3 Å². The SMILES string of the molecule is CC(=O)O.CC(=O)O.CC1=CC(c2ccc(Br)cc2)=NC1.CC1=CC(c2ccc(Cc3cc(-c4c(C)noc4C)ccc3C)cc2Br)=NC1.CCBr.CCN(c1ccc(-c2cc(C)[nH]n2)cc1)c1cc(-c2c(C)noc2C)ccc1C.CCN(c1ccc(C2=NCC(C)=C2)c(Br)c1)c1cc(-c2c(C)noc2C)ccc1C.Cc1cc(-c2ccc(Br)cc2)n[nH]1.Cc1ccc(-c2c(C)noc2C)cc1N.[Pd]. The zero-order valence-corrected chi connectivity index (χ0v) is 92.7. The van der Waals surface area contributed by atoms with Crippen LogP contribution in [0.25, 0.3) is 67.0 Å². The quantitative estimate of drug-likeness (QED) is 0.0321. The number of benzene rings is 9. The Morgan fingerprint density at radius 2 is 0.707 bits per heavy atom. The van der Waals surface area contributed by atoms with Gasteiger partial charge in [0.25, 0.3) is 11.9 Å². The number of aryl methyl sites for hydroxylation is 14. The Hall–Kier alpha value is -12.1. The number of nitrogen functional groups attached to an aromatic ring is 1. The fourth-order valence-corrected chi connectivity index (χ4v) is 17.5. The number of anilines is 5. The van der Waals surface area contributed by atoms with Crippen molar-refractivity contribution in [1.82, 2.24) is 41.0 Å². The van der Waals surface area contributed by atoms with Gasteiger partial charge in [0.15, 0.2) is 0 Å². The molecule has 0 aliphatic carbocycles. The van der Waals surface area contributed by atoms with Crippen molar-refractivity contribution in [2.24, 2.45) is 15.0 Å². The van der Waals surface area contributed by atoms with E-state index in [9.17, 15) is 0 Å². The van der Waals surface area contributed by atoms with Crippen LogP contribution in [-0.4, -0.2) is 118 Å². The largest absolute Gasteiger partial charge is 0.481 e. The van der Waals surface area contributed by atoms with Gasteiger partial charge in [-0.1, -0.05) is 210 Å². The molecule has 6 aromatic heterocycles. The second kappa shape index (κ2) is 52.9. The molecule has 140 heavy (non-hydrogen) atoms. The van der Waals surface area contributed by atoms with E-state index in [0.717, 1.165) is 251 Å². The van der Waals surface area contributed by atoms with Gasteiger partial charge in [-0.05, 0) is 325 Å². The van der Waals surface area contributed by atoms with E-state index in [1.165, 1.54) is 61.5 Å². The molecule has 28 heteroatoms. The number of aliphatic imine (C=N–C) groups is 3. The zero-order valence-electron chi connectivity index (χ0n) is 83.2. The first-order valence-corrected chi connectivity index (χ1v) is 49.9. The normalized spacial score (nSPS) is 11.9. The number of aliphatic carboxylic acids is 2. The summed E-state index contributed by atoms with van der Waals surface area (Å²) in [6, 6.07) is 67.8. The van der Waals surface area contributed by atoms with Crippen molar-refractivity contribution in [3.05, 3.63) is 354 Å². The van der Waals surface area contributed by atoms with Gasteiger partial charge >= 0.3 is 0 Å². The number of halogens is 5. The zero-order chi connectivity index (χ0) is 101. The summed E-state index contributed by atoms with van der Waals surface area (Å²) in [6.45, 7) is 47.2. The number of allylic oxidation sites excluding steroid dienone is 3. The van der Waals surface area contributed by atoms with E-state index >= 15 is 0 Å². The Morgan fingerprint density at radius 3 is 1.04 bits per heavy atom. The molecule has 0 radical (unpaired) electrons. The molecule has 0 amide bonds. The fourth-order valence-electron chi connectivity index (χ4n) is 15.8. The number of hydrogen-bond donors (Lipinski definition) is 5.